The third-order valence-electron chi connectivity index (χ3n) is 4.06. The molecule has 0 aromatic carbocycles. The van der Waals surface area contributed by atoms with Gasteiger partial charge in [-0.3, -0.25) is 18.8 Å². The number of hydrogen-bond acceptors (Lipinski definition) is 4. The average Bonchev–Trinajstić information content (AvgIpc) is 2.99. The Morgan fingerprint density at radius 3 is 2.80 bits per heavy atom. The summed E-state index contributed by atoms with van der Waals surface area (Å²) >= 11 is 0. The Balaban J connectivity index is 1.87. The van der Waals surface area contributed by atoms with Crippen LogP contribution in [0.15, 0.2) is 29.2 Å². The monoisotopic (exact) mass is 352 g/mol. The van der Waals surface area contributed by atoms with Gasteiger partial charge in [0.25, 0.3) is 11.5 Å². The summed E-state index contributed by atoms with van der Waals surface area (Å²) in [6, 6.07) is 4.21. The Hall–Kier alpha value is -2.55. The molecule has 1 amide bonds. The Morgan fingerprint density at radius 1 is 1.40 bits per heavy atom. The molecule has 7 nitrogen and oxygen atoms in total. The van der Waals surface area contributed by atoms with Gasteiger partial charge >= 0.3 is 6.55 Å². The van der Waals surface area contributed by atoms with Crippen molar-refractivity contribution in [1.29, 1.82) is 0 Å². The maximum atomic E-state index is 12.8. The molecule has 9 heteroatoms. The quantitative estimate of drug-likeness (QED) is 0.916. The summed E-state index contributed by atoms with van der Waals surface area (Å²) in [5.74, 6) is -0.559. The molecule has 0 aliphatic carbocycles. The Morgan fingerprint density at radius 2 is 2.12 bits per heavy atom. The van der Waals surface area contributed by atoms with Crippen LogP contribution in [0.3, 0.4) is 0 Å². The van der Waals surface area contributed by atoms with Crippen molar-refractivity contribution < 1.29 is 18.3 Å². The maximum absolute atomic E-state index is 12.8. The molecule has 0 unspecified atom stereocenters. The maximum Gasteiger partial charge on any atom is 0.321 e. The number of amides is 1. The van der Waals surface area contributed by atoms with Crippen LogP contribution in [0.25, 0.3) is 0 Å². The lowest BCUT2D eigenvalue weighted by molar-refractivity contribution is 0.0646. The third kappa shape index (κ3) is 3.60. The minimum atomic E-state index is -2.97. The van der Waals surface area contributed by atoms with Crippen LogP contribution in [0.1, 0.15) is 41.6 Å². The van der Waals surface area contributed by atoms with Crippen LogP contribution in [0.4, 0.5) is 14.5 Å². The number of aryl methyl sites for hydroxylation is 1. The molecule has 0 bridgehead atoms. The summed E-state index contributed by atoms with van der Waals surface area (Å²) in [5.41, 5.74) is -0.212. The SMILES string of the molecule is Cc1cc(C(=O)Nc2cccn(C(F)F)c2=O)n(C2CCOCC2)n1. The number of nitrogens with one attached hydrogen (secondary N) is 1. The summed E-state index contributed by atoms with van der Waals surface area (Å²) in [6.07, 6.45) is 2.43. The zero-order chi connectivity index (χ0) is 18.0. The van der Waals surface area contributed by atoms with E-state index in [0.717, 1.165) is 19.0 Å². The number of carbonyl (C=O) groups excluding carboxylic acids is 1. The topological polar surface area (TPSA) is 78.2 Å². The van der Waals surface area contributed by atoms with Crippen molar-refractivity contribution >= 4 is 11.6 Å². The number of ether oxygens (including phenoxy) is 1. The van der Waals surface area contributed by atoms with Gasteiger partial charge in [0.1, 0.15) is 11.4 Å². The first-order chi connectivity index (χ1) is 12.0. The standard InChI is InChI=1S/C16H18F2N4O3/c1-10-9-13(22(20-10)11-4-7-25-8-5-11)14(23)19-12-3-2-6-21(15(12)24)16(17)18/h2-3,6,9,11,16H,4-5,7-8H2,1H3,(H,19,23). The fraction of sp³-hybridized carbons (Fsp3) is 0.438. The highest BCUT2D eigenvalue weighted by atomic mass is 19.3. The second-order valence-corrected chi connectivity index (χ2v) is 5.83. The molecule has 25 heavy (non-hydrogen) atoms. The number of halogens is 2. The molecule has 0 atom stereocenters. The zero-order valence-electron chi connectivity index (χ0n) is 13.6. The van der Waals surface area contributed by atoms with E-state index in [9.17, 15) is 18.4 Å². The lowest BCUT2D eigenvalue weighted by Crippen LogP contribution is -2.29. The van der Waals surface area contributed by atoms with E-state index in [0.29, 0.717) is 18.9 Å². The fourth-order valence-electron chi connectivity index (χ4n) is 2.84. The molecule has 1 aliphatic heterocycles. The lowest BCUT2D eigenvalue weighted by Gasteiger charge is -2.24. The van der Waals surface area contributed by atoms with Gasteiger partial charge in [-0.2, -0.15) is 13.9 Å². The van der Waals surface area contributed by atoms with Crippen LogP contribution in [0, 0.1) is 6.92 Å². The van der Waals surface area contributed by atoms with Gasteiger partial charge in [0.05, 0.1) is 11.7 Å². The second-order valence-electron chi connectivity index (χ2n) is 5.83. The highest BCUT2D eigenvalue weighted by molar-refractivity contribution is 6.03. The van der Waals surface area contributed by atoms with E-state index >= 15 is 0 Å². The number of alkyl halides is 2. The summed E-state index contributed by atoms with van der Waals surface area (Å²) in [7, 11) is 0. The van der Waals surface area contributed by atoms with Gasteiger partial charge in [-0.25, -0.2) is 0 Å². The van der Waals surface area contributed by atoms with Gasteiger partial charge in [-0.15, -0.1) is 0 Å². The average molecular weight is 352 g/mol. The molecule has 3 rings (SSSR count). The molecule has 2 aromatic rings. The molecule has 1 aliphatic rings. The van der Waals surface area contributed by atoms with Crippen LogP contribution in [0.5, 0.6) is 0 Å². The Bertz CT molecular complexity index is 825. The number of aromatic nitrogens is 3. The van der Waals surface area contributed by atoms with Crippen LogP contribution in [-0.2, 0) is 4.74 Å². The van der Waals surface area contributed by atoms with Crippen LogP contribution >= 0.6 is 0 Å². The molecular formula is C16H18F2N4O3. The number of carbonyl (C=O) groups is 1. The summed E-state index contributed by atoms with van der Waals surface area (Å²) in [5, 5.41) is 6.78. The van der Waals surface area contributed by atoms with Gasteiger partial charge < -0.3 is 10.1 Å². The number of rotatable bonds is 4. The smallest absolute Gasteiger partial charge is 0.321 e. The molecule has 134 valence electrons. The van der Waals surface area contributed by atoms with Gasteiger partial charge in [0.15, 0.2) is 0 Å². The molecule has 0 saturated carbocycles. The molecule has 1 saturated heterocycles. The minimum absolute atomic E-state index is 0.0247. The van der Waals surface area contributed by atoms with Gasteiger partial charge in [0.2, 0.25) is 0 Å². The lowest BCUT2D eigenvalue weighted by atomic mass is 10.1. The van der Waals surface area contributed by atoms with Crippen molar-refractivity contribution in [2.45, 2.75) is 32.4 Å². The highest BCUT2D eigenvalue weighted by Gasteiger charge is 2.23. The predicted octanol–water partition coefficient (Wildman–Crippen LogP) is 2.35. The highest BCUT2D eigenvalue weighted by Crippen LogP contribution is 2.23. The van der Waals surface area contributed by atoms with Crippen LogP contribution in [0.2, 0.25) is 0 Å². The van der Waals surface area contributed by atoms with Crippen LogP contribution in [-0.4, -0.2) is 33.5 Å². The van der Waals surface area contributed by atoms with Crippen molar-refractivity contribution in [3.8, 4) is 0 Å². The molecule has 1 N–H and O–H groups in total. The van der Waals surface area contributed by atoms with E-state index in [-0.39, 0.29) is 22.0 Å². The number of nitrogens with zero attached hydrogens (tertiary/aromatic N) is 3. The van der Waals surface area contributed by atoms with Crippen molar-refractivity contribution in [2.24, 2.45) is 0 Å². The fourth-order valence-corrected chi connectivity index (χ4v) is 2.84. The summed E-state index contributed by atoms with van der Waals surface area (Å²) in [4.78, 5) is 24.6. The van der Waals surface area contributed by atoms with Gasteiger partial charge in [-0.05, 0) is 38.0 Å². The first-order valence-electron chi connectivity index (χ1n) is 7.92. The Kier molecular flexibility index (Phi) is 4.93. The van der Waals surface area contributed by atoms with Crippen molar-refractivity contribution in [1.82, 2.24) is 14.3 Å². The first kappa shape index (κ1) is 17.3. The molecule has 3 heterocycles. The second kappa shape index (κ2) is 7.14. The van der Waals surface area contributed by atoms with Crippen molar-refractivity contribution in [2.75, 3.05) is 18.5 Å². The molecule has 0 spiro atoms. The van der Waals surface area contributed by atoms with Gasteiger partial charge in [-0.1, -0.05) is 0 Å². The van der Waals surface area contributed by atoms with E-state index in [1.165, 1.54) is 12.1 Å². The van der Waals surface area contributed by atoms with E-state index < -0.39 is 18.0 Å². The van der Waals surface area contributed by atoms with E-state index in [1.807, 2.05) is 0 Å². The van der Waals surface area contributed by atoms with Crippen molar-refractivity contribution in [3.63, 3.8) is 0 Å². The largest absolute Gasteiger partial charge is 0.381 e. The number of pyridine rings is 1. The molecule has 2 aromatic heterocycles. The molecule has 0 radical (unpaired) electrons. The molecule has 1 fully saturated rings. The van der Waals surface area contributed by atoms with Crippen LogP contribution < -0.4 is 10.9 Å². The first-order valence-corrected chi connectivity index (χ1v) is 7.92. The predicted molar refractivity (Wildman–Crippen MR) is 86.0 cm³/mol. The number of anilines is 1. The normalized spacial score (nSPS) is 15.5. The third-order valence-corrected chi connectivity index (χ3v) is 4.06. The summed E-state index contributed by atoms with van der Waals surface area (Å²) < 4.78 is 32.8. The molecular weight excluding hydrogens is 334 g/mol. The zero-order valence-corrected chi connectivity index (χ0v) is 13.6. The Labute approximate surface area is 142 Å². The van der Waals surface area contributed by atoms with Gasteiger partial charge in [0, 0.05) is 19.4 Å². The van der Waals surface area contributed by atoms with E-state index in [4.69, 9.17) is 4.74 Å². The van der Waals surface area contributed by atoms with Crippen molar-refractivity contribution in [3.05, 3.63) is 46.1 Å². The summed E-state index contributed by atoms with van der Waals surface area (Å²) in [6.45, 7) is -0.0386. The minimum Gasteiger partial charge on any atom is -0.381 e. The van der Waals surface area contributed by atoms with E-state index in [1.54, 1.807) is 17.7 Å². The number of hydrogen-bond donors (Lipinski definition) is 1. The van der Waals surface area contributed by atoms with E-state index in [2.05, 4.69) is 10.4 Å².